The van der Waals surface area contributed by atoms with Gasteiger partial charge in [-0.1, -0.05) is 45.9 Å². The molecule has 0 aliphatic heterocycles. The number of fused-ring (bicyclic) bond motifs is 2. The topological polar surface area (TPSA) is 102 Å². The van der Waals surface area contributed by atoms with Crippen molar-refractivity contribution in [3.05, 3.63) is 77.7 Å². The van der Waals surface area contributed by atoms with Gasteiger partial charge in [0.25, 0.3) is 9.48 Å². The third kappa shape index (κ3) is 4.41. The molecule has 0 radical (unpaired) electrons. The molecular weight excluding hydrogens is 523 g/mol. The molecule has 2 aromatic heterocycles. The molecule has 0 saturated carbocycles. The Morgan fingerprint density at radius 3 is 1.42 bits per heavy atom. The van der Waals surface area contributed by atoms with Gasteiger partial charge in [0.05, 0.1) is 0 Å². The molecule has 0 fully saturated rings. The van der Waals surface area contributed by atoms with E-state index in [0.717, 1.165) is 12.1 Å². The predicted molar refractivity (Wildman–Crippen MR) is 125 cm³/mol. The largest absolute Gasteiger partial charge is 0.276 e. The van der Waals surface area contributed by atoms with Crippen molar-refractivity contribution >= 4 is 85.7 Å². The van der Waals surface area contributed by atoms with Crippen molar-refractivity contribution in [3.63, 3.8) is 0 Å². The Bertz CT molecular complexity index is 1580. The van der Waals surface area contributed by atoms with Crippen LogP contribution in [0.4, 0.5) is 0 Å². The van der Waals surface area contributed by atoms with Crippen LogP contribution in [0.25, 0.3) is 20.2 Å². The number of benzene rings is 2. The quantitative estimate of drug-likeness (QED) is 0.387. The lowest BCUT2D eigenvalue weighted by Crippen LogP contribution is -2.24. The third-order valence-corrected chi connectivity index (χ3v) is 11.5. The molecule has 2 heterocycles. The summed E-state index contributed by atoms with van der Waals surface area (Å²) in [5.41, 5.74) is 0. The smallest absolute Gasteiger partial charge is 0.251 e. The van der Waals surface area contributed by atoms with E-state index in [0.29, 0.717) is 52.9 Å². The first-order chi connectivity index (χ1) is 14.5. The predicted octanol–water partition coefficient (Wildman–Crippen LogP) is 4.35. The molecular formula is C19H10Cl2O6S4. The van der Waals surface area contributed by atoms with Crippen molar-refractivity contribution in [1.82, 2.24) is 0 Å². The Hall–Kier alpha value is -1.82. The molecule has 4 rings (SSSR count). The number of hydrogen-bond acceptors (Lipinski definition) is 8. The van der Waals surface area contributed by atoms with Crippen molar-refractivity contribution in [1.29, 1.82) is 0 Å². The highest BCUT2D eigenvalue weighted by atomic mass is 35.5. The van der Waals surface area contributed by atoms with Crippen LogP contribution in [0.5, 0.6) is 0 Å². The lowest BCUT2D eigenvalue weighted by molar-refractivity contribution is 0.588. The Balaban J connectivity index is 1.83. The van der Waals surface area contributed by atoms with Crippen LogP contribution in [0.15, 0.2) is 67.9 Å². The summed E-state index contributed by atoms with van der Waals surface area (Å²) in [5, 5.41) is 0.0331. The van der Waals surface area contributed by atoms with Crippen molar-refractivity contribution in [2.75, 3.05) is 5.08 Å². The average Bonchev–Trinajstić information content (AvgIpc) is 2.66. The van der Waals surface area contributed by atoms with Crippen LogP contribution >= 0.6 is 45.9 Å². The first kappa shape index (κ1) is 22.4. The lowest BCUT2D eigenvalue weighted by atomic mass is 10.2. The zero-order valence-corrected chi connectivity index (χ0v) is 19.9. The molecule has 0 saturated heterocycles. The fraction of sp³-hybridized carbons (Fsp3) is 0.0526. The zero-order valence-electron chi connectivity index (χ0n) is 15.2. The van der Waals surface area contributed by atoms with E-state index in [4.69, 9.17) is 23.2 Å². The minimum Gasteiger partial charge on any atom is -0.276 e. The van der Waals surface area contributed by atoms with Gasteiger partial charge < -0.3 is 0 Å². The van der Waals surface area contributed by atoms with Crippen molar-refractivity contribution in [3.8, 4) is 0 Å². The van der Waals surface area contributed by atoms with Gasteiger partial charge in [-0.25, -0.2) is 16.8 Å². The van der Waals surface area contributed by atoms with Gasteiger partial charge in [-0.2, -0.15) is 0 Å². The van der Waals surface area contributed by atoms with E-state index in [1.807, 2.05) is 0 Å². The summed E-state index contributed by atoms with van der Waals surface area (Å²) >= 11 is 13.2. The zero-order chi connectivity index (χ0) is 22.6. The van der Waals surface area contributed by atoms with E-state index < -0.39 is 44.0 Å². The van der Waals surface area contributed by atoms with Crippen LogP contribution in [0, 0.1) is 0 Å². The third-order valence-electron chi connectivity index (χ3n) is 4.30. The number of sulfone groups is 2. The van der Waals surface area contributed by atoms with Gasteiger partial charge in [0.15, 0.2) is 24.8 Å². The van der Waals surface area contributed by atoms with E-state index in [1.54, 1.807) is 24.3 Å². The minimum atomic E-state index is -4.57. The lowest BCUT2D eigenvalue weighted by Gasteiger charge is -2.07. The van der Waals surface area contributed by atoms with Crippen LogP contribution in [-0.2, 0) is 19.7 Å². The highest BCUT2D eigenvalue weighted by Crippen LogP contribution is 2.27. The number of halogens is 2. The summed E-state index contributed by atoms with van der Waals surface area (Å²) < 4.78 is 50.9. The molecule has 0 spiro atoms. The second-order valence-electron chi connectivity index (χ2n) is 6.51. The van der Waals surface area contributed by atoms with Gasteiger partial charge in [0, 0.05) is 19.4 Å². The van der Waals surface area contributed by atoms with Gasteiger partial charge in [0.1, 0.15) is 9.79 Å². The Morgan fingerprint density at radius 1 is 0.645 bits per heavy atom. The van der Waals surface area contributed by atoms with Crippen molar-refractivity contribution in [2.24, 2.45) is 0 Å². The molecule has 4 aromatic rings. The molecule has 160 valence electrons. The molecule has 31 heavy (non-hydrogen) atoms. The first-order valence-electron chi connectivity index (χ1n) is 8.39. The standard InChI is InChI=1S/C19H10Cl2O6S4/c20-12-1-3-14-10(5-12)7-16(18(22)28-14)30(24,25)9-31(26,27)17-8-11-6-13(21)2-4-15(11)29-19(17)23/h1-8H,9H2. The van der Waals surface area contributed by atoms with Gasteiger partial charge in [0.2, 0.25) is 0 Å². The SMILES string of the molecule is O=c1sc2ccc(Cl)cc2cc1S(=O)(=O)CS(=O)(=O)c1cc2cc(Cl)ccc2sc1=O. The Morgan fingerprint density at radius 2 is 1.03 bits per heavy atom. The van der Waals surface area contributed by atoms with Crippen LogP contribution in [0.3, 0.4) is 0 Å². The fourth-order valence-corrected chi connectivity index (χ4v) is 9.52. The van der Waals surface area contributed by atoms with Crippen LogP contribution in [-0.4, -0.2) is 21.9 Å². The highest BCUT2D eigenvalue weighted by Gasteiger charge is 2.30. The van der Waals surface area contributed by atoms with Crippen molar-refractivity contribution in [2.45, 2.75) is 9.79 Å². The summed E-state index contributed by atoms with van der Waals surface area (Å²) in [6, 6.07) is 11.4. The van der Waals surface area contributed by atoms with Gasteiger partial charge >= 0.3 is 0 Å². The summed E-state index contributed by atoms with van der Waals surface area (Å²) in [7, 11) is -9.15. The average molecular weight is 533 g/mol. The normalized spacial score (nSPS) is 12.5. The fourth-order valence-electron chi connectivity index (χ4n) is 2.92. The van der Waals surface area contributed by atoms with E-state index in [9.17, 15) is 26.4 Å². The van der Waals surface area contributed by atoms with Gasteiger partial charge in [-0.05, 0) is 59.3 Å². The Kier molecular flexibility index (Phi) is 5.74. The molecule has 0 N–H and O–H groups in total. The van der Waals surface area contributed by atoms with Crippen molar-refractivity contribution < 1.29 is 16.8 Å². The summed E-state index contributed by atoms with van der Waals surface area (Å²) in [6.45, 7) is 0. The van der Waals surface area contributed by atoms with Gasteiger partial charge in [-0.15, -0.1) is 0 Å². The molecule has 0 bridgehead atoms. The van der Waals surface area contributed by atoms with E-state index in [-0.39, 0.29) is 0 Å². The minimum absolute atomic E-state index is 0.335. The highest BCUT2D eigenvalue weighted by molar-refractivity contribution is 8.08. The van der Waals surface area contributed by atoms with Crippen LogP contribution in [0.1, 0.15) is 0 Å². The van der Waals surface area contributed by atoms with E-state index in [2.05, 4.69) is 0 Å². The maximum atomic E-state index is 12.9. The second-order valence-corrected chi connectivity index (χ2v) is 13.7. The number of hydrogen-bond donors (Lipinski definition) is 0. The van der Waals surface area contributed by atoms with E-state index >= 15 is 0 Å². The first-order valence-corrected chi connectivity index (χ1v) is 14.1. The molecule has 0 atom stereocenters. The van der Waals surface area contributed by atoms with E-state index in [1.165, 1.54) is 12.1 Å². The van der Waals surface area contributed by atoms with Crippen LogP contribution < -0.4 is 9.48 Å². The summed E-state index contributed by atoms with van der Waals surface area (Å²) in [6.07, 6.45) is 0. The molecule has 2 aromatic carbocycles. The summed E-state index contributed by atoms with van der Waals surface area (Å²) in [4.78, 5) is 23.5. The maximum Gasteiger partial charge on any atom is 0.251 e. The molecule has 0 aliphatic rings. The maximum absolute atomic E-state index is 12.9. The molecule has 0 aliphatic carbocycles. The monoisotopic (exact) mass is 532 g/mol. The molecule has 6 nitrogen and oxygen atoms in total. The van der Waals surface area contributed by atoms with Crippen LogP contribution in [0.2, 0.25) is 10.0 Å². The Labute approximate surface area is 194 Å². The molecule has 12 heteroatoms. The summed E-state index contributed by atoms with van der Waals surface area (Å²) in [5.74, 6) is 0. The second kappa shape index (κ2) is 7.95. The van der Waals surface area contributed by atoms with Gasteiger partial charge in [-0.3, -0.25) is 9.59 Å². The molecule has 0 amide bonds. The number of rotatable bonds is 4. The molecule has 0 unspecified atom stereocenters.